The zero-order valence-corrected chi connectivity index (χ0v) is 13.0. The van der Waals surface area contributed by atoms with Crippen molar-refractivity contribution >= 4 is 29.3 Å². The van der Waals surface area contributed by atoms with E-state index < -0.39 is 5.97 Å². The molecule has 0 aliphatic carbocycles. The number of carboxylic acid groups (broad SMARTS) is 1. The molecule has 6 heteroatoms. The van der Waals surface area contributed by atoms with Gasteiger partial charge in [-0.2, -0.15) is 5.26 Å². The molecule has 2 rings (SSSR count). The minimum atomic E-state index is -0.941. The summed E-state index contributed by atoms with van der Waals surface area (Å²) in [5, 5.41) is 20.2. The first-order chi connectivity index (χ1) is 11.1. The zero-order chi connectivity index (χ0) is 16.7. The number of rotatable bonds is 6. The lowest BCUT2D eigenvalue weighted by Crippen LogP contribution is -2.09. The highest BCUT2D eigenvalue weighted by molar-refractivity contribution is 7.98. The van der Waals surface area contributed by atoms with Crippen molar-refractivity contribution in [2.24, 2.45) is 0 Å². The van der Waals surface area contributed by atoms with Gasteiger partial charge >= 0.3 is 5.97 Å². The number of nitriles is 1. The summed E-state index contributed by atoms with van der Waals surface area (Å²) in [5.74, 6) is -0.662. The molecule has 0 atom stereocenters. The molecule has 0 aliphatic heterocycles. The van der Waals surface area contributed by atoms with Crippen LogP contribution in [0.3, 0.4) is 0 Å². The van der Waals surface area contributed by atoms with Crippen molar-refractivity contribution in [2.45, 2.75) is 17.1 Å². The molecule has 0 aliphatic rings. The van der Waals surface area contributed by atoms with E-state index in [1.54, 1.807) is 36.4 Å². The highest BCUT2D eigenvalue weighted by Crippen LogP contribution is 2.26. The van der Waals surface area contributed by atoms with Gasteiger partial charge in [-0.1, -0.05) is 24.3 Å². The maximum Gasteiger partial charge on any atom is 0.336 e. The number of thioether (sulfide) groups is 1. The Morgan fingerprint density at radius 1 is 1.13 bits per heavy atom. The fourth-order valence-electron chi connectivity index (χ4n) is 1.89. The Labute approximate surface area is 137 Å². The summed E-state index contributed by atoms with van der Waals surface area (Å²) in [7, 11) is 0. The van der Waals surface area contributed by atoms with Crippen molar-refractivity contribution in [1.29, 1.82) is 5.26 Å². The standard InChI is InChI=1S/C17H14N2O3S/c18-10-9-16(20)19-13-7-5-12(6-8-13)11-23-15-4-2-1-3-14(15)17(21)22/h1-8H,9,11H2,(H,19,20)(H,21,22). The van der Waals surface area contributed by atoms with Crippen LogP contribution in [0.5, 0.6) is 0 Å². The Morgan fingerprint density at radius 2 is 1.83 bits per heavy atom. The molecule has 0 aromatic heterocycles. The number of anilines is 1. The Balaban J connectivity index is 1.98. The SMILES string of the molecule is N#CCC(=O)Nc1ccc(CSc2ccccc2C(=O)O)cc1. The molecule has 116 valence electrons. The van der Waals surface area contributed by atoms with E-state index in [0.717, 1.165) is 5.56 Å². The van der Waals surface area contributed by atoms with Crippen molar-refractivity contribution in [1.82, 2.24) is 0 Å². The maximum atomic E-state index is 11.3. The summed E-state index contributed by atoms with van der Waals surface area (Å²) in [5.41, 5.74) is 1.93. The van der Waals surface area contributed by atoms with Crippen LogP contribution in [0, 0.1) is 11.3 Å². The van der Waals surface area contributed by atoms with Crippen LogP contribution in [0.15, 0.2) is 53.4 Å². The number of amides is 1. The summed E-state index contributed by atoms with van der Waals surface area (Å²) in [6.07, 6.45) is -0.177. The molecule has 0 unspecified atom stereocenters. The van der Waals surface area contributed by atoms with Crippen molar-refractivity contribution in [3.05, 3.63) is 59.7 Å². The molecular formula is C17H14N2O3S. The van der Waals surface area contributed by atoms with Crippen LogP contribution in [0.2, 0.25) is 0 Å². The van der Waals surface area contributed by atoms with Crippen LogP contribution >= 0.6 is 11.8 Å². The topological polar surface area (TPSA) is 90.2 Å². The lowest BCUT2D eigenvalue weighted by atomic mass is 10.2. The molecule has 23 heavy (non-hydrogen) atoms. The molecule has 2 N–H and O–H groups in total. The van der Waals surface area contributed by atoms with E-state index >= 15 is 0 Å². The number of carbonyl (C=O) groups is 2. The van der Waals surface area contributed by atoms with E-state index in [0.29, 0.717) is 16.3 Å². The molecule has 0 saturated carbocycles. The first kappa shape index (κ1) is 16.6. The summed E-state index contributed by atoms with van der Waals surface area (Å²) in [6.45, 7) is 0. The van der Waals surface area contributed by atoms with Gasteiger partial charge in [0.25, 0.3) is 0 Å². The van der Waals surface area contributed by atoms with Crippen molar-refractivity contribution in [3.63, 3.8) is 0 Å². The van der Waals surface area contributed by atoms with E-state index in [1.165, 1.54) is 11.8 Å². The van der Waals surface area contributed by atoms with E-state index in [2.05, 4.69) is 5.32 Å². The summed E-state index contributed by atoms with van der Waals surface area (Å²) < 4.78 is 0. The second-order valence-corrected chi connectivity index (χ2v) is 5.69. The minimum Gasteiger partial charge on any atom is -0.478 e. The van der Waals surface area contributed by atoms with Gasteiger partial charge in [0.2, 0.25) is 5.91 Å². The maximum absolute atomic E-state index is 11.3. The van der Waals surface area contributed by atoms with E-state index in [-0.39, 0.29) is 17.9 Å². The van der Waals surface area contributed by atoms with E-state index in [1.807, 2.05) is 18.2 Å². The number of aromatic carboxylic acids is 1. The smallest absolute Gasteiger partial charge is 0.336 e. The van der Waals surface area contributed by atoms with Gasteiger partial charge in [-0.25, -0.2) is 4.79 Å². The molecule has 0 fully saturated rings. The minimum absolute atomic E-state index is 0.177. The average Bonchev–Trinajstić information content (AvgIpc) is 2.54. The molecule has 0 bridgehead atoms. The van der Waals surface area contributed by atoms with Gasteiger partial charge in [0.1, 0.15) is 6.42 Å². The van der Waals surface area contributed by atoms with E-state index in [4.69, 9.17) is 10.4 Å². The number of nitrogens with one attached hydrogen (secondary N) is 1. The zero-order valence-electron chi connectivity index (χ0n) is 12.2. The Hall–Kier alpha value is -2.78. The normalized spacial score (nSPS) is 9.87. The van der Waals surface area contributed by atoms with Crippen LogP contribution in [-0.4, -0.2) is 17.0 Å². The van der Waals surface area contributed by atoms with Crippen LogP contribution in [0.1, 0.15) is 22.3 Å². The molecule has 0 spiro atoms. The van der Waals surface area contributed by atoms with Gasteiger partial charge in [0, 0.05) is 16.3 Å². The van der Waals surface area contributed by atoms with E-state index in [9.17, 15) is 9.59 Å². The summed E-state index contributed by atoms with van der Waals surface area (Å²) in [4.78, 5) is 23.2. The third-order valence-corrected chi connectivity index (χ3v) is 4.13. The van der Waals surface area contributed by atoms with Gasteiger partial charge < -0.3 is 10.4 Å². The third kappa shape index (κ3) is 4.87. The van der Waals surface area contributed by atoms with Crippen LogP contribution < -0.4 is 5.32 Å². The fraction of sp³-hybridized carbons (Fsp3) is 0.118. The van der Waals surface area contributed by atoms with Crippen LogP contribution in [-0.2, 0) is 10.5 Å². The van der Waals surface area contributed by atoms with Gasteiger partial charge in [0.15, 0.2) is 0 Å². The monoisotopic (exact) mass is 326 g/mol. The summed E-state index contributed by atoms with van der Waals surface area (Å²) in [6, 6.07) is 15.9. The first-order valence-electron chi connectivity index (χ1n) is 6.81. The number of hydrogen-bond donors (Lipinski definition) is 2. The van der Waals surface area contributed by atoms with Crippen LogP contribution in [0.4, 0.5) is 5.69 Å². The molecule has 1 amide bonds. The Kier molecular flexibility index (Phi) is 5.78. The first-order valence-corrected chi connectivity index (χ1v) is 7.79. The number of carboxylic acids is 1. The average molecular weight is 326 g/mol. The van der Waals surface area contributed by atoms with Gasteiger partial charge in [-0.05, 0) is 29.8 Å². The van der Waals surface area contributed by atoms with Gasteiger partial charge in [0.05, 0.1) is 11.6 Å². The fourth-order valence-corrected chi connectivity index (χ4v) is 2.89. The van der Waals surface area contributed by atoms with Crippen molar-refractivity contribution < 1.29 is 14.7 Å². The van der Waals surface area contributed by atoms with Crippen molar-refractivity contribution in [3.8, 4) is 6.07 Å². The van der Waals surface area contributed by atoms with Crippen LogP contribution in [0.25, 0.3) is 0 Å². The van der Waals surface area contributed by atoms with Gasteiger partial charge in [-0.15, -0.1) is 11.8 Å². The molecule has 0 saturated heterocycles. The highest BCUT2D eigenvalue weighted by atomic mass is 32.2. The Bertz CT molecular complexity index is 751. The lowest BCUT2D eigenvalue weighted by Gasteiger charge is -2.07. The summed E-state index contributed by atoms with van der Waals surface area (Å²) >= 11 is 1.45. The Morgan fingerprint density at radius 3 is 2.48 bits per heavy atom. The molecule has 2 aromatic rings. The number of nitrogens with zero attached hydrogens (tertiary/aromatic N) is 1. The predicted molar refractivity (Wildman–Crippen MR) is 88.3 cm³/mol. The van der Waals surface area contributed by atoms with Crippen molar-refractivity contribution in [2.75, 3.05) is 5.32 Å². The predicted octanol–water partition coefficient (Wildman–Crippen LogP) is 3.53. The largest absolute Gasteiger partial charge is 0.478 e. The molecule has 2 aromatic carbocycles. The third-order valence-electron chi connectivity index (χ3n) is 2.99. The molecule has 0 radical (unpaired) electrons. The highest BCUT2D eigenvalue weighted by Gasteiger charge is 2.09. The molecule has 0 heterocycles. The second kappa shape index (κ2) is 8.01. The number of carbonyl (C=O) groups excluding carboxylic acids is 1. The number of hydrogen-bond acceptors (Lipinski definition) is 4. The lowest BCUT2D eigenvalue weighted by molar-refractivity contribution is -0.115. The van der Waals surface area contributed by atoms with Gasteiger partial charge in [-0.3, -0.25) is 4.79 Å². The quantitative estimate of drug-likeness (QED) is 0.793. The molecule has 5 nitrogen and oxygen atoms in total. The molecular weight excluding hydrogens is 312 g/mol. The second-order valence-electron chi connectivity index (χ2n) is 4.67. The number of benzene rings is 2.